The molecule has 19 heavy (non-hydrogen) atoms. The van der Waals surface area contributed by atoms with Crippen LogP contribution >= 0.6 is 0 Å². The van der Waals surface area contributed by atoms with Crippen LogP contribution in [-0.2, 0) is 4.79 Å². The average Bonchev–Trinajstić information content (AvgIpc) is 2.92. The third kappa shape index (κ3) is 4.56. The van der Waals surface area contributed by atoms with Crippen LogP contribution in [0.15, 0.2) is 30.3 Å². The van der Waals surface area contributed by atoms with E-state index in [4.69, 9.17) is 4.74 Å². The quantitative estimate of drug-likeness (QED) is 0.848. The number of hydrogen-bond acceptors (Lipinski definition) is 3. The van der Waals surface area contributed by atoms with E-state index in [0.29, 0.717) is 25.6 Å². The first-order valence-electron chi connectivity index (χ1n) is 6.91. The number of carbonyl (C=O) groups is 1. The van der Waals surface area contributed by atoms with Crippen molar-refractivity contribution in [1.82, 2.24) is 10.2 Å². The van der Waals surface area contributed by atoms with E-state index in [1.165, 1.54) is 6.42 Å². The number of benzene rings is 1. The summed E-state index contributed by atoms with van der Waals surface area (Å²) < 4.78 is 5.59. The SMILES string of the molecule is CN(CCOc1ccccc1)C(=O)CC1CCCN1. The maximum absolute atomic E-state index is 12.0. The highest BCUT2D eigenvalue weighted by atomic mass is 16.5. The van der Waals surface area contributed by atoms with Crippen molar-refractivity contribution in [3.63, 3.8) is 0 Å². The van der Waals surface area contributed by atoms with Crippen LogP contribution in [0.1, 0.15) is 19.3 Å². The molecular weight excluding hydrogens is 240 g/mol. The molecule has 1 saturated heterocycles. The molecule has 1 amide bonds. The summed E-state index contributed by atoms with van der Waals surface area (Å²) in [5.74, 6) is 1.04. The van der Waals surface area contributed by atoms with Crippen molar-refractivity contribution < 1.29 is 9.53 Å². The van der Waals surface area contributed by atoms with Crippen LogP contribution in [-0.4, -0.2) is 43.6 Å². The molecule has 1 unspecified atom stereocenters. The molecule has 0 spiro atoms. The fraction of sp³-hybridized carbons (Fsp3) is 0.533. The molecule has 4 heteroatoms. The van der Waals surface area contributed by atoms with Gasteiger partial charge in [0.05, 0.1) is 6.54 Å². The molecule has 1 aromatic rings. The lowest BCUT2D eigenvalue weighted by Gasteiger charge is -2.19. The van der Waals surface area contributed by atoms with Gasteiger partial charge in [-0.05, 0) is 31.5 Å². The number of amides is 1. The van der Waals surface area contributed by atoms with Crippen molar-refractivity contribution in [3.05, 3.63) is 30.3 Å². The topological polar surface area (TPSA) is 41.6 Å². The Bertz CT molecular complexity index is 388. The molecule has 1 atom stereocenters. The Balaban J connectivity index is 1.65. The van der Waals surface area contributed by atoms with Gasteiger partial charge in [0.1, 0.15) is 12.4 Å². The number of carbonyl (C=O) groups excluding carboxylic acids is 1. The predicted octanol–water partition coefficient (Wildman–Crippen LogP) is 1.67. The molecule has 1 aliphatic heterocycles. The summed E-state index contributed by atoms with van der Waals surface area (Å²) in [5.41, 5.74) is 0. The number of ether oxygens (including phenoxy) is 1. The minimum Gasteiger partial charge on any atom is -0.492 e. The van der Waals surface area contributed by atoms with E-state index in [1.807, 2.05) is 37.4 Å². The molecular formula is C15H22N2O2. The van der Waals surface area contributed by atoms with Gasteiger partial charge in [0.25, 0.3) is 0 Å². The fourth-order valence-electron chi connectivity index (χ4n) is 2.24. The zero-order chi connectivity index (χ0) is 13.5. The second-order valence-corrected chi connectivity index (χ2v) is 4.97. The van der Waals surface area contributed by atoms with Gasteiger partial charge in [0.2, 0.25) is 5.91 Å². The van der Waals surface area contributed by atoms with Gasteiger partial charge in [0, 0.05) is 19.5 Å². The Morgan fingerprint density at radius 1 is 1.42 bits per heavy atom. The molecule has 0 saturated carbocycles. The molecule has 0 bridgehead atoms. The molecule has 0 aromatic heterocycles. The number of likely N-dealkylation sites (N-methyl/N-ethyl adjacent to an activating group) is 1. The van der Waals surface area contributed by atoms with Crippen LogP contribution < -0.4 is 10.1 Å². The van der Waals surface area contributed by atoms with Crippen LogP contribution in [0.3, 0.4) is 0 Å². The minimum atomic E-state index is 0.191. The van der Waals surface area contributed by atoms with Crippen LogP contribution in [0.2, 0.25) is 0 Å². The fourth-order valence-corrected chi connectivity index (χ4v) is 2.24. The molecule has 0 radical (unpaired) electrons. The summed E-state index contributed by atoms with van der Waals surface area (Å²) in [6.07, 6.45) is 2.89. The van der Waals surface area contributed by atoms with E-state index in [1.54, 1.807) is 4.90 Å². The third-order valence-corrected chi connectivity index (χ3v) is 3.45. The van der Waals surface area contributed by atoms with Gasteiger partial charge in [-0.15, -0.1) is 0 Å². The lowest BCUT2D eigenvalue weighted by atomic mass is 10.1. The molecule has 4 nitrogen and oxygen atoms in total. The van der Waals surface area contributed by atoms with E-state index in [9.17, 15) is 4.79 Å². The normalized spacial score (nSPS) is 18.3. The maximum atomic E-state index is 12.0. The van der Waals surface area contributed by atoms with Crippen molar-refractivity contribution in [2.24, 2.45) is 0 Å². The molecule has 1 aromatic carbocycles. The smallest absolute Gasteiger partial charge is 0.223 e. The van der Waals surface area contributed by atoms with Crippen molar-refractivity contribution in [2.45, 2.75) is 25.3 Å². The molecule has 0 aliphatic carbocycles. The second kappa shape index (κ2) is 7.14. The van der Waals surface area contributed by atoms with Gasteiger partial charge in [-0.1, -0.05) is 18.2 Å². The van der Waals surface area contributed by atoms with Gasteiger partial charge < -0.3 is 15.0 Å². The summed E-state index contributed by atoms with van der Waals surface area (Å²) >= 11 is 0. The van der Waals surface area contributed by atoms with Gasteiger partial charge in [-0.25, -0.2) is 0 Å². The molecule has 1 fully saturated rings. The number of nitrogens with zero attached hydrogens (tertiary/aromatic N) is 1. The molecule has 2 rings (SSSR count). The Morgan fingerprint density at radius 3 is 2.89 bits per heavy atom. The number of para-hydroxylation sites is 1. The van der Waals surface area contributed by atoms with Gasteiger partial charge in [-0.3, -0.25) is 4.79 Å². The van der Waals surface area contributed by atoms with E-state index < -0.39 is 0 Å². The number of hydrogen-bond donors (Lipinski definition) is 1. The lowest BCUT2D eigenvalue weighted by Crippen LogP contribution is -2.35. The average molecular weight is 262 g/mol. The third-order valence-electron chi connectivity index (χ3n) is 3.45. The summed E-state index contributed by atoms with van der Waals surface area (Å²) in [6, 6.07) is 10.0. The number of nitrogens with one attached hydrogen (secondary N) is 1. The van der Waals surface area contributed by atoms with Crippen molar-refractivity contribution >= 4 is 5.91 Å². The summed E-state index contributed by atoms with van der Waals surface area (Å²) in [5, 5.41) is 3.35. The van der Waals surface area contributed by atoms with E-state index >= 15 is 0 Å². The summed E-state index contributed by atoms with van der Waals surface area (Å²) in [7, 11) is 1.84. The Hall–Kier alpha value is -1.55. The zero-order valence-electron chi connectivity index (χ0n) is 11.5. The van der Waals surface area contributed by atoms with Crippen LogP contribution in [0.5, 0.6) is 5.75 Å². The van der Waals surface area contributed by atoms with E-state index in [-0.39, 0.29) is 5.91 Å². The van der Waals surface area contributed by atoms with Crippen molar-refractivity contribution in [2.75, 3.05) is 26.7 Å². The Kier molecular flexibility index (Phi) is 5.21. The summed E-state index contributed by atoms with van der Waals surface area (Å²) in [4.78, 5) is 13.7. The van der Waals surface area contributed by atoms with Gasteiger partial charge in [0.15, 0.2) is 0 Å². The second-order valence-electron chi connectivity index (χ2n) is 4.97. The zero-order valence-corrected chi connectivity index (χ0v) is 11.5. The monoisotopic (exact) mass is 262 g/mol. The number of rotatable bonds is 6. The largest absolute Gasteiger partial charge is 0.492 e. The highest BCUT2D eigenvalue weighted by molar-refractivity contribution is 5.76. The van der Waals surface area contributed by atoms with Crippen LogP contribution in [0.4, 0.5) is 0 Å². The highest BCUT2D eigenvalue weighted by Gasteiger charge is 2.19. The van der Waals surface area contributed by atoms with Crippen LogP contribution in [0.25, 0.3) is 0 Å². The Labute approximate surface area is 114 Å². The molecule has 1 heterocycles. The van der Waals surface area contributed by atoms with Crippen molar-refractivity contribution in [1.29, 1.82) is 0 Å². The maximum Gasteiger partial charge on any atom is 0.223 e. The summed E-state index contributed by atoms with van der Waals surface area (Å²) in [6.45, 7) is 2.20. The molecule has 1 N–H and O–H groups in total. The van der Waals surface area contributed by atoms with Crippen molar-refractivity contribution in [3.8, 4) is 5.75 Å². The molecule has 1 aliphatic rings. The van der Waals surface area contributed by atoms with Gasteiger partial charge in [-0.2, -0.15) is 0 Å². The first-order valence-corrected chi connectivity index (χ1v) is 6.91. The predicted molar refractivity (Wildman–Crippen MR) is 75.2 cm³/mol. The Morgan fingerprint density at radius 2 is 2.21 bits per heavy atom. The standard InChI is InChI=1S/C15H22N2O2/c1-17(15(18)12-13-6-5-9-16-13)10-11-19-14-7-3-2-4-8-14/h2-4,7-8,13,16H,5-6,9-12H2,1H3. The highest BCUT2D eigenvalue weighted by Crippen LogP contribution is 2.10. The van der Waals surface area contributed by atoms with E-state index in [2.05, 4.69) is 5.32 Å². The minimum absolute atomic E-state index is 0.191. The van der Waals surface area contributed by atoms with Gasteiger partial charge >= 0.3 is 0 Å². The first-order chi connectivity index (χ1) is 9.25. The first kappa shape index (κ1) is 13.9. The molecule has 104 valence electrons. The van der Waals surface area contributed by atoms with Crippen LogP contribution in [0, 0.1) is 0 Å². The van der Waals surface area contributed by atoms with E-state index in [0.717, 1.165) is 18.7 Å². The lowest BCUT2D eigenvalue weighted by molar-refractivity contribution is -0.130.